The molecule has 0 aliphatic rings. The summed E-state index contributed by atoms with van der Waals surface area (Å²) in [6.45, 7) is 0. The van der Waals surface area contributed by atoms with Gasteiger partial charge in [-0.05, 0) is 52.3 Å². The highest BCUT2D eigenvalue weighted by molar-refractivity contribution is 9.10. The van der Waals surface area contributed by atoms with Gasteiger partial charge in [0.05, 0.1) is 16.3 Å². The molecule has 0 aliphatic heterocycles. The van der Waals surface area contributed by atoms with E-state index in [9.17, 15) is 9.18 Å². The largest absolute Gasteiger partial charge is 0.321 e. The molecule has 1 amide bonds. The molecule has 0 radical (unpaired) electrons. The van der Waals surface area contributed by atoms with Crippen LogP contribution in [0.25, 0.3) is 0 Å². The van der Waals surface area contributed by atoms with Gasteiger partial charge in [0, 0.05) is 8.95 Å². The Balaban J connectivity index is 2.25. The fraction of sp³-hybridized carbons (Fsp3) is 0. The van der Waals surface area contributed by atoms with E-state index >= 15 is 0 Å². The molecule has 0 fully saturated rings. The SMILES string of the molecule is O=C(Nc1ccc(Br)cc1Cl)c1ccc(F)cc1Br. The van der Waals surface area contributed by atoms with E-state index in [-0.39, 0.29) is 5.91 Å². The zero-order chi connectivity index (χ0) is 14.0. The van der Waals surface area contributed by atoms with Crippen LogP contribution in [0.4, 0.5) is 10.1 Å². The number of hydrogen-bond donors (Lipinski definition) is 1. The average molecular weight is 407 g/mol. The highest BCUT2D eigenvalue weighted by Crippen LogP contribution is 2.27. The number of hydrogen-bond acceptors (Lipinski definition) is 1. The Morgan fingerprint density at radius 2 is 1.89 bits per heavy atom. The van der Waals surface area contributed by atoms with Gasteiger partial charge in [0.1, 0.15) is 5.82 Å². The average Bonchev–Trinajstić information content (AvgIpc) is 2.32. The summed E-state index contributed by atoms with van der Waals surface area (Å²) >= 11 is 12.4. The number of rotatable bonds is 2. The monoisotopic (exact) mass is 405 g/mol. The van der Waals surface area contributed by atoms with E-state index < -0.39 is 5.82 Å². The van der Waals surface area contributed by atoms with Crippen molar-refractivity contribution in [3.63, 3.8) is 0 Å². The minimum absolute atomic E-state index is 0.334. The first-order chi connectivity index (χ1) is 8.97. The van der Waals surface area contributed by atoms with Gasteiger partial charge < -0.3 is 5.32 Å². The van der Waals surface area contributed by atoms with E-state index in [1.165, 1.54) is 18.2 Å². The highest BCUT2D eigenvalue weighted by atomic mass is 79.9. The van der Waals surface area contributed by atoms with Gasteiger partial charge in [0.2, 0.25) is 0 Å². The van der Waals surface area contributed by atoms with Crippen LogP contribution >= 0.6 is 43.5 Å². The van der Waals surface area contributed by atoms with Gasteiger partial charge in [-0.2, -0.15) is 0 Å². The molecule has 0 saturated carbocycles. The summed E-state index contributed by atoms with van der Waals surface area (Å²) in [6.07, 6.45) is 0. The van der Waals surface area contributed by atoms with E-state index in [1.54, 1.807) is 18.2 Å². The van der Waals surface area contributed by atoms with Crippen molar-refractivity contribution in [3.05, 3.63) is 61.7 Å². The second kappa shape index (κ2) is 6.03. The van der Waals surface area contributed by atoms with Crippen molar-refractivity contribution >= 4 is 55.1 Å². The van der Waals surface area contributed by atoms with Crippen LogP contribution in [0.1, 0.15) is 10.4 Å². The molecule has 0 aromatic heterocycles. The molecule has 0 atom stereocenters. The van der Waals surface area contributed by atoms with Crippen molar-refractivity contribution in [1.82, 2.24) is 0 Å². The van der Waals surface area contributed by atoms with Crippen molar-refractivity contribution in [2.45, 2.75) is 0 Å². The van der Waals surface area contributed by atoms with Gasteiger partial charge in [-0.1, -0.05) is 27.5 Å². The number of nitrogens with one attached hydrogen (secondary N) is 1. The third kappa shape index (κ3) is 3.55. The quantitative estimate of drug-likeness (QED) is 0.723. The number of halogens is 4. The van der Waals surface area contributed by atoms with Gasteiger partial charge in [-0.3, -0.25) is 4.79 Å². The van der Waals surface area contributed by atoms with Crippen LogP contribution in [-0.4, -0.2) is 5.91 Å². The second-order valence-electron chi connectivity index (χ2n) is 3.70. The first-order valence-electron chi connectivity index (χ1n) is 5.19. The second-order valence-corrected chi connectivity index (χ2v) is 5.88. The number of carbonyl (C=O) groups excluding carboxylic acids is 1. The molecule has 19 heavy (non-hydrogen) atoms. The molecule has 0 heterocycles. The van der Waals surface area contributed by atoms with Crippen LogP contribution < -0.4 is 5.32 Å². The number of benzene rings is 2. The molecular weight excluding hydrogens is 400 g/mol. The molecule has 2 rings (SSSR count). The lowest BCUT2D eigenvalue weighted by molar-refractivity contribution is 0.102. The lowest BCUT2D eigenvalue weighted by Gasteiger charge is -2.09. The Morgan fingerprint density at radius 3 is 2.53 bits per heavy atom. The predicted octanol–water partition coefficient (Wildman–Crippen LogP) is 5.26. The fourth-order valence-electron chi connectivity index (χ4n) is 1.45. The zero-order valence-electron chi connectivity index (χ0n) is 9.38. The molecule has 98 valence electrons. The Kier molecular flexibility index (Phi) is 4.60. The van der Waals surface area contributed by atoms with Gasteiger partial charge in [-0.15, -0.1) is 0 Å². The molecule has 0 bridgehead atoms. The maximum absolute atomic E-state index is 13.0. The van der Waals surface area contributed by atoms with Crippen molar-refractivity contribution in [2.75, 3.05) is 5.32 Å². The van der Waals surface area contributed by atoms with E-state index in [1.807, 2.05) is 0 Å². The summed E-state index contributed by atoms with van der Waals surface area (Å²) in [7, 11) is 0. The Labute approximate surface area is 131 Å². The summed E-state index contributed by atoms with van der Waals surface area (Å²) in [5, 5.41) is 3.09. The third-order valence-corrected chi connectivity index (χ3v) is 3.82. The fourth-order valence-corrected chi connectivity index (χ4v) is 2.71. The molecule has 1 N–H and O–H groups in total. The zero-order valence-corrected chi connectivity index (χ0v) is 13.3. The summed E-state index contributed by atoms with van der Waals surface area (Å²) < 4.78 is 14.2. The summed E-state index contributed by atoms with van der Waals surface area (Å²) in [4.78, 5) is 12.0. The van der Waals surface area contributed by atoms with E-state index in [0.29, 0.717) is 20.7 Å². The van der Waals surface area contributed by atoms with Gasteiger partial charge in [0.25, 0.3) is 5.91 Å². The molecular formula is C13H7Br2ClFNO. The summed E-state index contributed by atoms with van der Waals surface area (Å²) in [5.74, 6) is -0.777. The molecule has 0 saturated heterocycles. The maximum atomic E-state index is 13.0. The van der Waals surface area contributed by atoms with Gasteiger partial charge in [-0.25, -0.2) is 4.39 Å². The Bertz CT molecular complexity index is 649. The molecule has 6 heteroatoms. The van der Waals surface area contributed by atoms with Gasteiger partial charge >= 0.3 is 0 Å². The lowest BCUT2D eigenvalue weighted by atomic mass is 10.2. The molecule has 0 unspecified atom stereocenters. The van der Waals surface area contributed by atoms with Crippen molar-refractivity contribution in [3.8, 4) is 0 Å². The molecule has 2 aromatic rings. The Morgan fingerprint density at radius 1 is 1.16 bits per heavy atom. The normalized spacial score (nSPS) is 10.3. The molecule has 2 nitrogen and oxygen atoms in total. The van der Waals surface area contributed by atoms with Crippen molar-refractivity contribution in [1.29, 1.82) is 0 Å². The lowest BCUT2D eigenvalue weighted by Crippen LogP contribution is -2.13. The van der Waals surface area contributed by atoms with Crippen LogP contribution in [0.2, 0.25) is 5.02 Å². The predicted molar refractivity (Wildman–Crippen MR) is 81.2 cm³/mol. The van der Waals surface area contributed by atoms with Crippen LogP contribution in [0.3, 0.4) is 0 Å². The Hall–Kier alpha value is -0.910. The van der Waals surface area contributed by atoms with Crippen molar-refractivity contribution in [2.24, 2.45) is 0 Å². The number of carbonyl (C=O) groups is 1. The third-order valence-electron chi connectivity index (χ3n) is 2.36. The first-order valence-corrected chi connectivity index (χ1v) is 7.15. The van der Waals surface area contributed by atoms with E-state index in [4.69, 9.17) is 11.6 Å². The smallest absolute Gasteiger partial charge is 0.256 e. The standard InChI is InChI=1S/C13H7Br2ClFNO/c14-7-1-4-12(11(16)5-7)18-13(19)9-3-2-8(17)6-10(9)15/h1-6H,(H,18,19). The maximum Gasteiger partial charge on any atom is 0.256 e. The first kappa shape index (κ1) is 14.5. The highest BCUT2D eigenvalue weighted by Gasteiger charge is 2.12. The van der Waals surface area contributed by atoms with E-state index in [0.717, 1.165) is 4.47 Å². The van der Waals surface area contributed by atoms with Crippen molar-refractivity contribution < 1.29 is 9.18 Å². The summed E-state index contributed by atoms with van der Waals surface area (Å²) in [6, 6.07) is 8.99. The van der Waals surface area contributed by atoms with Gasteiger partial charge in [0.15, 0.2) is 0 Å². The van der Waals surface area contributed by atoms with Crippen LogP contribution in [0, 0.1) is 5.82 Å². The topological polar surface area (TPSA) is 29.1 Å². The van der Waals surface area contributed by atoms with Crippen LogP contribution in [0.5, 0.6) is 0 Å². The minimum Gasteiger partial charge on any atom is -0.321 e. The molecule has 0 aliphatic carbocycles. The minimum atomic E-state index is -0.412. The number of amides is 1. The van der Waals surface area contributed by atoms with E-state index in [2.05, 4.69) is 37.2 Å². The summed E-state index contributed by atoms with van der Waals surface area (Å²) in [5.41, 5.74) is 0.825. The molecule has 2 aromatic carbocycles. The van der Waals surface area contributed by atoms with Crippen LogP contribution in [-0.2, 0) is 0 Å². The molecule has 0 spiro atoms. The van der Waals surface area contributed by atoms with Crippen LogP contribution in [0.15, 0.2) is 45.3 Å². The number of anilines is 1.